The molecule has 6 nitrogen and oxygen atoms in total. The summed E-state index contributed by atoms with van der Waals surface area (Å²) >= 11 is 0. The molecule has 1 atom stereocenters. The molecule has 1 rings (SSSR count). The van der Waals surface area contributed by atoms with Crippen molar-refractivity contribution in [2.45, 2.75) is 149 Å². The molecule has 6 heteroatoms. The van der Waals surface area contributed by atoms with E-state index < -0.39 is 0 Å². The standard InChI is InChI=1S/C29H49NO2.C7H15NO2/c1-4-6-7-8-9-10-11-12-13-14-15-16-17-18-22-25-29(32)30(26(3)31)28(5-2)27-23-20-19-21-24-27;1-4-5-10-7(9)6-8(2)3/h19-21,23-24,28H,4-18,22,25H2,1-3H3;4-6H2,1-3H3. The zero-order valence-corrected chi connectivity index (χ0v) is 28.1. The SMILES string of the molecule is CCCCCCCCCCCCCCCCCC(=O)N(C(C)=O)C(CC)c1ccccc1.CCCOC(=O)CN(C)C. The predicted molar refractivity (Wildman–Crippen MR) is 176 cm³/mol. The van der Waals surface area contributed by atoms with Gasteiger partial charge in [0.15, 0.2) is 0 Å². The Labute approximate surface area is 259 Å². The van der Waals surface area contributed by atoms with Crippen molar-refractivity contribution in [2.75, 3.05) is 27.2 Å². The molecule has 0 aliphatic carbocycles. The molecular weight excluding hydrogens is 524 g/mol. The van der Waals surface area contributed by atoms with Crippen molar-refractivity contribution in [3.63, 3.8) is 0 Å². The van der Waals surface area contributed by atoms with Crippen LogP contribution in [0, 0.1) is 0 Å². The lowest BCUT2D eigenvalue weighted by Gasteiger charge is -2.29. The molecule has 1 aromatic rings. The van der Waals surface area contributed by atoms with Crippen LogP contribution >= 0.6 is 0 Å². The Bertz CT molecular complexity index is 797. The van der Waals surface area contributed by atoms with Gasteiger partial charge in [0.1, 0.15) is 0 Å². The molecule has 0 spiro atoms. The van der Waals surface area contributed by atoms with Crippen LogP contribution in [0.2, 0.25) is 0 Å². The van der Waals surface area contributed by atoms with Crippen molar-refractivity contribution in [3.8, 4) is 0 Å². The summed E-state index contributed by atoms with van der Waals surface area (Å²) in [6.45, 7) is 8.70. The van der Waals surface area contributed by atoms with E-state index in [0.717, 1.165) is 31.2 Å². The lowest BCUT2D eigenvalue weighted by atomic mass is 10.0. The van der Waals surface area contributed by atoms with Crippen LogP contribution in [0.15, 0.2) is 30.3 Å². The van der Waals surface area contributed by atoms with Crippen molar-refractivity contribution < 1.29 is 19.1 Å². The third-order valence-corrected chi connectivity index (χ3v) is 7.40. The van der Waals surface area contributed by atoms with Crippen molar-refractivity contribution in [1.82, 2.24) is 9.80 Å². The van der Waals surface area contributed by atoms with Crippen LogP contribution in [0.25, 0.3) is 0 Å². The summed E-state index contributed by atoms with van der Waals surface area (Å²) in [4.78, 5) is 39.0. The fraction of sp³-hybridized carbons (Fsp3) is 0.750. The Kier molecular flexibility index (Phi) is 26.2. The molecule has 1 aromatic carbocycles. The van der Waals surface area contributed by atoms with Crippen LogP contribution in [0.3, 0.4) is 0 Å². The highest BCUT2D eigenvalue weighted by Gasteiger charge is 2.26. The van der Waals surface area contributed by atoms with Crippen molar-refractivity contribution in [2.24, 2.45) is 0 Å². The van der Waals surface area contributed by atoms with Gasteiger partial charge in [0.05, 0.1) is 19.2 Å². The molecule has 0 aliphatic rings. The van der Waals surface area contributed by atoms with E-state index >= 15 is 0 Å². The minimum Gasteiger partial charge on any atom is -0.465 e. The maximum Gasteiger partial charge on any atom is 0.320 e. The molecule has 0 aliphatic heterocycles. The summed E-state index contributed by atoms with van der Waals surface area (Å²) < 4.78 is 4.82. The molecule has 0 heterocycles. The number of nitrogens with zero attached hydrogens (tertiary/aromatic N) is 2. The van der Waals surface area contributed by atoms with Crippen LogP contribution < -0.4 is 0 Å². The first-order valence-electron chi connectivity index (χ1n) is 17.0. The summed E-state index contributed by atoms with van der Waals surface area (Å²) in [5.74, 6) is -0.318. The number of benzene rings is 1. The Morgan fingerprint density at radius 2 is 1.17 bits per heavy atom. The molecule has 0 saturated heterocycles. The van der Waals surface area contributed by atoms with Gasteiger partial charge in [-0.25, -0.2) is 0 Å². The fourth-order valence-electron chi connectivity index (χ4n) is 5.10. The minimum absolute atomic E-state index is 0.0251. The van der Waals surface area contributed by atoms with Crippen LogP contribution in [-0.2, 0) is 19.1 Å². The number of likely N-dealkylation sites (N-methyl/N-ethyl adjacent to an activating group) is 1. The molecule has 2 amide bonds. The normalized spacial score (nSPS) is 11.5. The van der Waals surface area contributed by atoms with Gasteiger partial charge in [0.25, 0.3) is 0 Å². The number of amides is 2. The molecule has 0 radical (unpaired) electrons. The highest BCUT2D eigenvalue weighted by Crippen LogP contribution is 2.25. The van der Waals surface area contributed by atoms with E-state index in [4.69, 9.17) is 4.74 Å². The number of hydrogen-bond donors (Lipinski definition) is 0. The number of hydrogen-bond acceptors (Lipinski definition) is 5. The van der Waals surface area contributed by atoms with Crippen molar-refractivity contribution in [3.05, 3.63) is 35.9 Å². The van der Waals surface area contributed by atoms with Gasteiger partial charge in [-0.15, -0.1) is 0 Å². The van der Waals surface area contributed by atoms with Gasteiger partial charge in [-0.05, 0) is 38.9 Å². The molecule has 0 bridgehead atoms. The highest BCUT2D eigenvalue weighted by atomic mass is 16.5. The average Bonchev–Trinajstić information content (AvgIpc) is 2.96. The van der Waals surface area contributed by atoms with Gasteiger partial charge in [-0.3, -0.25) is 24.2 Å². The van der Waals surface area contributed by atoms with Crippen molar-refractivity contribution >= 4 is 17.8 Å². The van der Waals surface area contributed by atoms with E-state index in [1.165, 1.54) is 95.3 Å². The second kappa shape index (κ2) is 27.6. The topological polar surface area (TPSA) is 66.9 Å². The zero-order chi connectivity index (χ0) is 31.4. The molecule has 42 heavy (non-hydrogen) atoms. The van der Waals surface area contributed by atoms with Gasteiger partial charge in [-0.2, -0.15) is 0 Å². The molecule has 0 aromatic heterocycles. The summed E-state index contributed by atoms with van der Waals surface area (Å²) in [7, 11) is 3.68. The number of carbonyl (C=O) groups excluding carboxylic acids is 3. The second-order valence-electron chi connectivity index (χ2n) is 11.8. The Hall–Kier alpha value is -2.21. The summed E-state index contributed by atoms with van der Waals surface area (Å²) in [5.41, 5.74) is 1.04. The smallest absolute Gasteiger partial charge is 0.320 e. The maximum atomic E-state index is 12.8. The summed E-state index contributed by atoms with van der Waals surface area (Å²) in [5, 5.41) is 0. The van der Waals surface area contributed by atoms with Crippen LogP contribution in [0.4, 0.5) is 0 Å². The summed E-state index contributed by atoms with van der Waals surface area (Å²) in [6.07, 6.45) is 21.8. The highest BCUT2D eigenvalue weighted by molar-refractivity contribution is 5.94. The van der Waals surface area contributed by atoms with E-state index in [-0.39, 0.29) is 23.8 Å². The quantitative estimate of drug-likeness (QED) is 0.0941. The van der Waals surface area contributed by atoms with Gasteiger partial charge >= 0.3 is 5.97 Å². The third-order valence-electron chi connectivity index (χ3n) is 7.40. The van der Waals surface area contributed by atoms with E-state index in [1.807, 2.05) is 58.3 Å². The van der Waals surface area contributed by atoms with Crippen LogP contribution in [0.1, 0.15) is 155 Å². The Morgan fingerprint density at radius 3 is 1.57 bits per heavy atom. The number of carbonyl (C=O) groups is 3. The number of rotatable bonds is 23. The molecule has 242 valence electrons. The number of ether oxygens (including phenoxy) is 1. The predicted octanol–water partition coefficient (Wildman–Crippen LogP) is 9.28. The lowest BCUT2D eigenvalue weighted by molar-refractivity contribution is -0.147. The van der Waals surface area contributed by atoms with Crippen molar-refractivity contribution in [1.29, 1.82) is 0 Å². The monoisotopic (exact) mass is 588 g/mol. The molecule has 0 saturated carbocycles. The molecule has 0 fully saturated rings. The first-order chi connectivity index (χ1) is 20.3. The number of unbranched alkanes of at least 4 members (excludes halogenated alkanes) is 14. The minimum atomic E-state index is -0.155. The molecule has 1 unspecified atom stereocenters. The number of esters is 1. The van der Waals surface area contributed by atoms with Gasteiger partial charge in [-0.1, -0.05) is 141 Å². The lowest BCUT2D eigenvalue weighted by Crippen LogP contribution is -2.38. The van der Waals surface area contributed by atoms with E-state index in [0.29, 0.717) is 19.6 Å². The first-order valence-corrected chi connectivity index (χ1v) is 17.0. The summed E-state index contributed by atoms with van der Waals surface area (Å²) in [6, 6.07) is 9.75. The molecular formula is C36H64N2O4. The van der Waals surface area contributed by atoms with Crippen LogP contribution in [0.5, 0.6) is 0 Å². The fourth-order valence-corrected chi connectivity index (χ4v) is 5.10. The van der Waals surface area contributed by atoms with E-state index in [2.05, 4.69) is 6.92 Å². The average molecular weight is 589 g/mol. The van der Waals surface area contributed by atoms with E-state index in [9.17, 15) is 14.4 Å². The van der Waals surface area contributed by atoms with Crippen LogP contribution in [-0.4, -0.2) is 54.8 Å². The second-order valence-corrected chi connectivity index (χ2v) is 11.8. The number of imide groups is 1. The third kappa shape index (κ3) is 21.5. The van der Waals surface area contributed by atoms with E-state index in [1.54, 1.807) is 4.90 Å². The zero-order valence-electron chi connectivity index (χ0n) is 28.1. The first kappa shape index (κ1) is 39.8. The van der Waals surface area contributed by atoms with Gasteiger partial charge in [0, 0.05) is 13.3 Å². The van der Waals surface area contributed by atoms with Gasteiger partial charge in [0.2, 0.25) is 11.8 Å². The Morgan fingerprint density at radius 1 is 0.690 bits per heavy atom. The molecule has 0 N–H and O–H groups in total. The largest absolute Gasteiger partial charge is 0.465 e. The van der Waals surface area contributed by atoms with Gasteiger partial charge < -0.3 is 4.74 Å². The maximum absolute atomic E-state index is 12.8. The Balaban J connectivity index is 0.00000143.